The van der Waals surface area contributed by atoms with Gasteiger partial charge in [-0.05, 0) is 0 Å². The van der Waals surface area contributed by atoms with Crippen molar-refractivity contribution >= 4 is 41.6 Å². The van der Waals surface area contributed by atoms with Crippen molar-refractivity contribution in [2.45, 2.75) is 0 Å². The van der Waals surface area contributed by atoms with Crippen molar-refractivity contribution in [3.63, 3.8) is 0 Å². The van der Waals surface area contributed by atoms with Gasteiger partial charge in [-0.25, -0.2) is 8.42 Å². The molecule has 0 fully saturated rings. The molecule has 16 nitrogen and oxygen atoms in total. The van der Waals surface area contributed by atoms with Crippen molar-refractivity contribution in [1.82, 2.24) is 0 Å². The zero-order valence-electron chi connectivity index (χ0n) is 8.86. The smallest absolute Gasteiger partial charge is 0.759 e. The van der Waals surface area contributed by atoms with Gasteiger partial charge in [-0.3, -0.25) is 31.2 Å². The molecule has 0 aromatic rings. The van der Waals surface area contributed by atoms with Crippen LogP contribution in [-0.4, -0.2) is 70.1 Å². The van der Waals surface area contributed by atoms with Crippen LogP contribution in [0.4, 0.5) is 0 Å². The zero-order chi connectivity index (χ0) is 18.0. The summed E-state index contributed by atoms with van der Waals surface area (Å²) in [5.74, 6) is 0. The van der Waals surface area contributed by atoms with E-state index in [0.717, 1.165) is 0 Å². The standard InChI is InChI=1S/Ce.4H2O4S/c;4*1-5(2,3)4/h;4*(H2,1,2,3,4)/q+3;;;;/p-3. The van der Waals surface area contributed by atoms with Crippen LogP contribution in [0.15, 0.2) is 0 Å². The van der Waals surface area contributed by atoms with E-state index in [1.165, 1.54) is 0 Å². The van der Waals surface area contributed by atoms with Gasteiger partial charge in [-0.15, -0.1) is 0 Å². The second kappa shape index (κ2) is 13.3. The first kappa shape index (κ1) is 33.5. The molecule has 0 aliphatic heterocycles. The molecule has 129 valence electrons. The normalized spacial score (nSPS) is 11.0. The first-order chi connectivity index (χ1) is 8.00. The Hall–Kier alpha value is 0.857. The average Bonchev–Trinajstić information content (AvgIpc) is 1.62. The molecule has 0 unspecified atom stereocenters. The molecular formula is H5CeO16S4. The molecule has 0 saturated heterocycles. The van der Waals surface area contributed by atoms with E-state index in [4.69, 9.17) is 70.1 Å². The first-order valence-corrected chi connectivity index (χ1v) is 8.24. The van der Waals surface area contributed by atoms with Crippen LogP contribution in [0.5, 0.6) is 0 Å². The summed E-state index contributed by atoms with van der Waals surface area (Å²) in [6.07, 6.45) is 0. The molecule has 0 atom stereocenters. The van der Waals surface area contributed by atoms with E-state index in [2.05, 4.69) is 0 Å². The predicted molar refractivity (Wildman–Crippen MR) is 51.2 cm³/mol. The second-order valence-corrected chi connectivity index (χ2v) is 5.19. The van der Waals surface area contributed by atoms with E-state index >= 15 is 0 Å². The Morgan fingerprint density at radius 2 is 0.524 bits per heavy atom. The summed E-state index contributed by atoms with van der Waals surface area (Å²) >= 11 is 0. The van der Waals surface area contributed by atoms with Crippen molar-refractivity contribution in [3.8, 4) is 0 Å². The Morgan fingerprint density at radius 1 is 0.524 bits per heavy atom. The third kappa shape index (κ3) is 10100. The maximum atomic E-state index is 8.74. The topological polar surface area (TPSA) is 307 Å². The molecule has 0 amide bonds. The van der Waals surface area contributed by atoms with Crippen LogP contribution in [0, 0.1) is 41.7 Å². The van der Waals surface area contributed by atoms with Crippen molar-refractivity contribution in [2.75, 3.05) is 0 Å². The Morgan fingerprint density at radius 3 is 0.524 bits per heavy atom. The van der Waals surface area contributed by atoms with Gasteiger partial charge in [0.2, 0.25) is 10.4 Å². The minimum Gasteiger partial charge on any atom is -0.759 e. The number of rotatable bonds is 0. The summed E-state index contributed by atoms with van der Waals surface area (Å²) in [5, 5.41) is 0. The minimum atomic E-state index is -5.17. The van der Waals surface area contributed by atoms with E-state index in [9.17, 15) is 0 Å². The van der Waals surface area contributed by atoms with Gasteiger partial charge >= 0.3 is 62.5 Å². The van der Waals surface area contributed by atoms with Crippen LogP contribution >= 0.6 is 0 Å². The predicted octanol–water partition coefficient (Wildman–Crippen LogP) is -3.64. The van der Waals surface area contributed by atoms with E-state index in [-0.39, 0.29) is 41.7 Å². The Bertz CT molecular complexity index is 473. The Labute approximate surface area is 152 Å². The van der Waals surface area contributed by atoms with Gasteiger partial charge in [0, 0.05) is 10.4 Å². The fourth-order valence-corrected chi connectivity index (χ4v) is 0. The van der Waals surface area contributed by atoms with E-state index in [1.54, 1.807) is 0 Å². The van der Waals surface area contributed by atoms with Gasteiger partial charge in [0.05, 0.1) is 0 Å². The van der Waals surface area contributed by atoms with E-state index in [0.29, 0.717) is 0 Å². The molecule has 1 radical (unpaired) electrons. The van der Waals surface area contributed by atoms with Crippen molar-refractivity contribution in [3.05, 3.63) is 0 Å². The fourth-order valence-electron chi connectivity index (χ4n) is 0. The summed E-state index contributed by atoms with van der Waals surface area (Å²) in [7, 11) is -19.4. The van der Waals surface area contributed by atoms with Gasteiger partial charge < -0.3 is 13.7 Å². The quantitative estimate of drug-likeness (QED) is 0.149. The molecule has 21 heteroatoms. The third-order valence-electron chi connectivity index (χ3n) is 0. The second-order valence-electron chi connectivity index (χ2n) is 1.73. The molecule has 0 aliphatic rings. The van der Waals surface area contributed by atoms with Crippen LogP contribution in [0.25, 0.3) is 0 Å². The Balaban J connectivity index is -0.0000000533. The summed E-state index contributed by atoms with van der Waals surface area (Å²) in [4.78, 5) is 0. The largest absolute Gasteiger partial charge is 3.00 e. The summed E-state index contributed by atoms with van der Waals surface area (Å²) in [5.41, 5.74) is 0. The van der Waals surface area contributed by atoms with Crippen molar-refractivity contribution in [1.29, 1.82) is 0 Å². The minimum absolute atomic E-state index is 0. The molecule has 0 heterocycles. The van der Waals surface area contributed by atoms with Gasteiger partial charge in [0.25, 0.3) is 0 Å². The molecule has 5 N–H and O–H groups in total. The van der Waals surface area contributed by atoms with Gasteiger partial charge in [0.1, 0.15) is 0 Å². The van der Waals surface area contributed by atoms with Crippen molar-refractivity contribution < 1.29 is 112 Å². The van der Waals surface area contributed by atoms with Gasteiger partial charge in [-0.1, -0.05) is 0 Å². The summed E-state index contributed by atoms with van der Waals surface area (Å²) in [6, 6.07) is 0. The molecule has 0 aromatic carbocycles. The average molecular weight is 529 g/mol. The Kier molecular flexibility index (Phi) is 21.2. The van der Waals surface area contributed by atoms with Crippen LogP contribution in [0.3, 0.4) is 0 Å². The molecule has 0 saturated carbocycles. The zero-order valence-corrected chi connectivity index (χ0v) is 15.3. The molecule has 21 heavy (non-hydrogen) atoms. The van der Waals surface area contributed by atoms with Crippen LogP contribution in [-0.2, 0) is 41.6 Å². The summed E-state index contributed by atoms with van der Waals surface area (Å²) < 4.78 is 130. The maximum absolute atomic E-state index is 8.74. The van der Waals surface area contributed by atoms with E-state index in [1.807, 2.05) is 0 Å². The number of hydrogen-bond donors (Lipinski definition) is 5. The maximum Gasteiger partial charge on any atom is 3.00 e. The summed E-state index contributed by atoms with van der Waals surface area (Å²) in [6.45, 7) is 0. The van der Waals surface area contributed by atoms with Crippen molar-refractivity contribution in [2.24, 2.45) is 0 Å². The molecule has 0 bridgehead atoms. The molecule has 0 aliphatic carbocycles. The monoisotopic (exact) mass is 529 g/mol. The number of hydrogen-bond acceptors (Lipinski definition) is 11. The van der Waals surface area contributed by atoms with E-state index < -0.39 is 41.6 Å². The molecule has 0 aromatic heterocycles. The molecule has 0 rings (SSSR count). The SMILES string of the molecule is O=S(=O)(O)O.O=S(=O)(O)O.O=S(=O)([O-])O.O=S(=O)([O-])[O-].[Ce+3]. The fraction of sp³-hybridized carbons (Fsp3) is 0. The van der Waals surface area contributed by atoms with Crippen LogP contribution in [0.2, 0.25) is 0 Å². The molecular weight excluding hydrogens is 524 g/mol. The van der Waals surface area contributed by atoms with Gasteiger partial charge in [0.15, 0.2) is 0 Å². The first-order valence-electron chi connectivity index (χ1n) is 2.75. The van der Waals surface area contributed by atoms with Crippen LogP contribution < -0.4 is 0 Å². The third-order valence-corrected chi connectivity index (χ3v) is 0. The molecule has 0 spiro atoms. The van der Waals surface area contributed by atoms with Crippen LogP contribution in [0.1, 0.15) is 0 Å². The van der Waals surface area contributed by atoms with Gasteiger partial charge in [-0.2, -0.15) is 16.8 Å².